The van der Waals surface area contributed by atoms with E-state index in [0.29, 0.717) is 29.6 Å². The predicted molar refractivity (Wildman–Crippen MR) is 121 cm³/mol. The number of hydrogen-bond acceptors (Lipinski definition) is 5. The van der Waals surface area contributed by atoms with Gasteiger partial charge in [0.05, 0.1) is 6.61 Å². The number of benzene rings is 2. The highest BCUT2D eigenvalue weighted by molar-refractivity contribution is 5.63. The molecule has 0 bridgehead atoms. The van der Waals surface area contributed by atoms with Gasteiger partial charge in [-0.2, -0.15) is 18.2 Å². The summed E-state index contributed by atoms with van der Waals surface area (Å²) < 4.78 is 46.1. The topological polar surface area (TPSA) is 59.1 Å². The van der Waals surface area contributed by atoms with Crippen LogP contribution in [0.2, 0.25) is 0 Å². The highest BCUT2D eigenvalue weighted by atomic mass is 19.4. The van der Waals surface area contributed by atoms with Crippen LogP contribution in [0, 0.1) is 0 Å². The van der Waals surface area contributed by atoms with Gasteiger partial charge in [0, 0.05) is 17.6 Å². The first-order valence-electron chi connectivity index (χ1n) is 10.6. The van der Waals surface area contributed by atoms with Gasteiger partial charge in [0.2, 0.25) is 5.95 Å². The number of halogens is 3. The lowest BCUT2D eigenvalue weighted by molar-refractivity contribution is -0.137. The molecule has 0 aliphatic heterocycles. The van der Waals surface area contributed by atoms with Crippen molar-refractivity contribution in [2.75, 3.05) is 17.2 Å². The van der Waals surface area contributed by atoms with Crippen LogP contribution in [0.4, 0.5) is 36.3 Å². The van der Waals surface area contributed by atoms with Crippen molar-refractivity contribution in [2.45, 2.75) is 45.7 Å². The lowest BCUT2D eigenvalue weighted by Crippen LogP contribution is -2.12. The molecule has 0 aliphatic rings. The molecule has 0 spiro atoms. The predicted octanol–water partition coefficient (Wildman–Crippen LogP) is 7.28. The van der Waals surface area contributed by atoms with E-state index in [9.17, 15) is 13.2 Å². The smallest absolute Gasteiger partial charge is 0.421 e. The second kappa shape index (κ2) is 10.3. The molecule has 3 rings (SSSR count). The number of unbranched alkanes of at least 4 members (excludes halogenated alkanes) is 1. The molecule has 0 fully saturated rings. The van der Waals surface area contributed by atoms with Crippen LogP contribution in [-0.4, -0.2) is 16.6 Å². The number of nitrogens with zero attached hydrogens (tertiary/aromatic N) is 2. The van der Waals surface area contributed by atoms with Gasteiger partial charge in [-0.1, -0.05) is 39.3 Å². The standard InChI is InChI=1S/C24H27F3N4O/c1-4-5-14-32-20-12-10-18(11-13-20)29-22-21(24(25,26)27)15-28-23(31-22)30-19-8-6-17(7-9-19)16(2)3/h6-13,15-16H,4-5,14H2,1-3H3,(H2,28,29,30,31). The minimum atomic E-state index is -4.59. The van der Waals surface area contributed by atoms with Gasteiger partial charge in [0.15, 0.2) is 0 Å². The Morgan fingerprint density at radius 3 is 2.16 bits per heavy atom. The van der Waals surface area contributed by atoms with Crippen LogP contribution in [0.5, 0.6) is 5.75 Å². The van der Waals surface area contributed by atoms with Gasteiger partial charge in [0.25, 0.3) is 0 Å². The van der Waals surface area contributed by atoms with Gasteiger partial charge in [0.1, 0.15) is 17.1 Å². The first kappa shape index (κ1) is 23.4. The van der Waals surface area contributed by atoms with Crippen LogP contribution < -0.4 is 15.4 Å². The molecule has 3 aromatic rings. The quantitative estimate of drug-likeness (QED) is 0.340. The number of anilines is 4. The number of hydrogen-bond donors (Lipinski definition) is 2. The third-order valence-electron chi connectivity index (χ3n) is 4.81. The molecule has 0 radical (unpaired) electrons. The Morgan fingerprint density at radius 1 is 0.938 bits per heavy atom. The number of aromatic nitrogens is 2. The molecule has 2 aromatic carbocycles. The normalized spacial score (nSPS) is 11.5. The van der Waals surface area contributed by atoms with E-state index in [1.165, 1.54) is 0 Å². The summed E-state index contributed by atoms with van der Waals surface area (Å²) in [5.74, 6) is 0.784. The van der Waals surface area contributed by atoms with E-state index in [2.05, 4.69) is 41.4 Å². The first-order chi connectivity index (χ1) is 15.3. The summed E-state index contributed by atoms with van der Waals surface area (Å²) in [7, 11) is 0. The molecule has 8 heteroatoms. The van der Waals surface area contributed by atoms with Crippen LogP contribution in [0.3, 0.4) is 0 Å². The number of nitrogens with one attached hydrogen (secondary N) is 2. The Hall–Kier alpha value is -3.29. The summed E-state index contributed by atoms with van der Waals surface area (Å²) in [6, 6.07) is 14.3. The molecular formula is C24H27F3N4O. The largest absolute Gasteiger partial charge is 0.494 e. The summed E-state index contributed by atoms with van der Waals surface area (Å²) >= 11 is 0. The molecule has 0 aliphatic carbocycles. The van der Waals surface area contributed by atoms with Crippen molar-refractivity contribution in [3.63, 3.8) is 0 Å². The highest BCUT2D eigenvalue weighted by Crippen LogP contribution is 2.35. The van der Waals surface area contributed by atoms with Gasteiger partial charge in [-0.05, 0) is 54.3 Å². The minimum absolute atomic E-state index is 0.0670. The summed E-state index contributed by atoms with van der Waals surface area (Å²) in [6.07, 6.45) is -1.86. The van der Waals surface area contributed by atoms with Crippen molar-refractivity contribution in [3.8, 4) is 5.75 Å². The van der Waals surface area contributed by atoms with E-state index < -0.39 is 11.7 Å². The first-order valence-corrected chi connectivity index (χ1v) is 10.6. The molecule has 0 saturated carbocycles. The third-order valence-corrected chi connectivity index (χ3v) is 4.81. The Labute approximate surface area is 186 Å². The molecule has 1 aromatic heterocycles. The van der Waals surface area contributed by atoms with E-state index in [-0.39, 0.29) is 11.8 Å². The van der Waals surface area contributed by atoms with E-state index in [1.54, 1.807) is 24.3 Å². The van der Waals surface area contributed by atoms with Crippen LogP contribution in [-0.2, 0) is 6.18 Å². The monoisotopic (exact) mass is 444 g/mol. The van der Waals surface area contributed by atoms with Gasteiger partial charge >= 0.3 is 6.18 Å². The maximum atomic E-state index is 13.5. The van der Waals surface area contributed by atoms with Crippen LogP contribution in [0.1, 0.15) is 50.7 Å². The second-order valence-corrected chi connectivity index (χ2v) is 7.71. The zero-order valence-electron chi connectivity index (χ0n) is 18.3. The lowest BCUT2D eigenvalue weighted by atomic mass is 10.0. The van der Waals surface area contributed by atoms with Gasteiger partial charge in [-0.3, -0.25) is 0 Å². The minimum Gasteiger partial charge on any atom is -0.494 e. The molecule has 0 unspecified atom stereocenters. The van der Waals surface area contributed by atoms with Crippen molar-refractivity contribution >= 4 is 23.1 Å². The summed E-state index contributed by atoms with van der Waals surface area (Å²) in [4.78, 5) is 7.94. The average molecular weight is 445 g/mol. The van der Waals surface area contributed by atoms with Crippen LogP contribution in [0.25, 0.3) is 0 Å². The van der Waals surface area contributed by atoms with Gasteiger partial charge < -0.3 is 15.4 Å². The Morgan fingerprint density at radius 2 is 1.56 bits per heavy atom. The van der Waals surface area contributed by atoms with Crippen molar-refractivity contribution in [2.24, 2.45) is 0 Å². The molecule has 0 atom stereocenters. The zero-order valence-corrected chi connectivity index (χ0v) is 18.3. The molecule has 32 heavy (non-hydrogen) atoms. The SMILES string of the molecule is CCCCOc1ccc(Nc2nc(Nc3ccc(C(C)C)cc3)ncc2C(F)(F)F)cc1. The molecule has 5 nitrogen and oxygen atoms in total. The van der Waals surface area contributed by atoms with Crippen molar-refractivity contribution in [3.05, 3.63) is 65.9 Å². The van der Waals surface area contributed by atoms with Crippen LogP contribution >= 0.6 is 0 Å². The van der Waals surface area contributed by atoms with E-state index >= 15 is 0 Å². The Bertz CT molecular complexity index is 1000. The fourth-order valence-electron chi connectivity index (χ4n) is 2.93. The fraction of sp³-hybridized carbons (Fsp3) is 0.333. The van der Waals surface area contributed by atoms with Gasteiger partial charge in [-0.25, -0.2) is 4.98 Å². The average Bonchev–Trinajstić information content (AvgIpc) is 2.75. The molecule has 170 valence electrons. The van der Waals surface area contributed by atoms with Gasteiger partial charge in [-0.15, -0.1) is 0 Å². The third kappa shape index (κ3) is 6.35. The molecule has 2 N–H and O–H groups in total. The van der Waals surface area contributed by atoms with Crippen molar-refractivity contribution in [1.29, 1.82) is 0 Å². The van der Waals surface area contributed by atoms with E-state index in [0.717, 1.165) is 24.6 Å². The van der Waals surface area contributed by atoms with E-state index in [4.69, 9.17) is 4.74 Å². The summed E-state index contributed by atoms with van der Waals surface area (Å²) in [6.45, 7) is 6.84. The summed E-state index contributed by atoms with van der Waals surface area (Å²) in [5.41, 5.74) is 1.37. The number of rotatable bonds is 9. The molecular weight excluding hydrogens is 417 g/mol. The Kier molecular flexibility index (Phi) is 7.56. The molecule has 1 heterocycles. The fourth-order valence-corrected chi connectivity index (χ4v) is 2.93. The highest BCUT2D eigenvalue weighted by Gasteiger charge is 2.35. The Balaban J connectivity index is 1.80. The maximum absolute atomic E-state index is 13.5. The van der Waals surface area contributed by atoms with Crippen molar-refractivity contribution < 1.29 is 17.9 Å². The second-order valence-electron chi connectivity index (χ2n) is 7.71. The van der Waals surface area contributed by atoms with Crippen LogP contribution in [0.15, 0.2) is 54.7 Å². The summed E-state index contributed by atoms with van der Waals surface area (Å²) in [5, 5.41) is 5.72. The number of ether oxygens (including phenoxy) is 1. The molecule has 0 amide bonds. The number of alkyl halides is 3. The van der Waals surface area contributed by atoms with E-state index in [1.807, 2.05) is 24.3 Å². The van der Waals surface area contributed by atoms with Crippen molar-refractivity contribution in [1.82, 2.24) is 9.97 Å². The molecule has 0 saturated heterocycles. The maximum Gasteiger partial charge on any atom is 0.421 e. The zero-order chi connectivity index (χ0) is 23.1. The lowest BCUT2D eigenvalue weighted by Gasteiger charge is -2.15.